The van der Waals surface area contributed by atoms with Gasteiger partial charge in [0.2, 0.25) is 11.3 Å². The molecule has 1 N–H and O–H groups in total. The number of amides is 1. The van der Waals surface area contributed by atoms with Crippen molar-refractivity contribution in [3.8, 4) is 0 Å². The van der Waals surface area contributed by atoms with Crippen LogP contribution in [0.2, 0.25) is 0 Å². The Hall–Kier alpha value is -3.68. The highest BCUT2D eigenvalue weighted by Gasteiger charge is 2.23. The molecule has 2 aliphatic rings. The van der Waals surface area contributed by atoms with Gasteiger partial charge in [-0.2, -0.15) is 5.10 Å². The van der Waals surface area contributed by atoms with Crippen LogP contribution in [-0.2, 0) is 11.3 Å². The van der Waals surface area contributed by atoms with Crippen molar-refractivity contribution in [2.24, 2.45) is 5.10 Å². The zero-order chi connectivity index (χ0) is 24.2. The molecule has 182 valence electrons. The SMILES string of the molecule is O=C(Cn1c(=O)c(=NNc2ccccc2)c(=O)n(C2CCCCC2)c2ccccc21)N1CCCC1. The lowest BCUT2D eigenvalue weighted by Gasteiger charge is -2.24. The highest BCUT2D eigenvalue weighted by atomic mass is 16.2. The van der Waals surface area contributed by atoms with Gasteiger partial charge in [-0.15, -0.1) is 0 Å². The molecule has 1 aromatic heterocycles. The maximum atomic E-state index is 13.9. The number of nitrogens with one attached hydrogen (secondary N) is 1. The van der Waals surface area contributed by atoms with Gasteiger partial charge in [0.15, 0.2) is 0 Å². The van der Waals surface area contributed by atoms with Gasteiger partial charge in [0.1, 0.15) is 6.54 Å². The molecule has 5 rings (SSSR count). The number of carbonyl (C=O) groups excluding carboxylic acids is 1. The molecule has 2 aromatic carbocycles. The van der Waals surface area contributed by atoms with Gasteiger partial charge in [-0.05, 0) is 49.9 Å². The molecule has 1 aliphatic heterocycles. The van der Waals surface area contributed by atoms with Crippen molar-refractivity contribution in [2.45, 2.75) is 57.5 Å². The molecule has 1 saturated carbocycles. The monoisotopic (exact) mass is 473 g/mol. The summed E-state index contributed by atoms with van der Waals surface area (Å²) in [6.07, 6.45) is 6.91. The van der Waals surface area contributed by atoms with Crippen molar-refractivity contribution < 1.29 is 4.79 Å². The Morgan fingerprint density at radius 2 is 1.49 bits per heavy atom. The second-order valence-corrected chi connectivity index (χ2v) is 9.37. The predicted octanol–water partition coefficient (Wildman–Crippen LogP) is 3.22. The minimum Gasteiger partial charge on any atom is -0.341 e. The van der Waals surface area contributed by atoms with Crippen LogP contribution in [0.25, 0.3) is 11.0 Å². The summed E-state index contributed by atoms with van der Waals surface area (Å²) in [5.41, 5.74) is 3.81. The van der Waals surface area contributed by atoms with Crippen LogP contribution in [0.3, 0.4) is 0 Å². The predicted molar refractivity (Wildman–Crippen MR) is 136 cm³/mol. The van der Waals surface area contributed by atoms with Crippen LogP contribution in [-0.4, -0.2) is 33.0 Å². The van der Waals surface area contributed by atoms with Crippen LogP contribution in [0, 0.1) is 0 Å². The van der Waals surface area contributed by atoms with Gasteiger partial charge < -0.3 is 9.47 Å². The third-order valence-corrected chi connectivity index (χ3v) is 7.06. The molecule has 0 unspecified atom stereocenters. The molecule has 1 amide bonds. The van der Waals surface area contributed by atoms with Crippen LogP contribution >= 0.6 is 0 Å². The molecular weight excluding hydrogens is 442 g/mol. The number of para-hydroxylation sites is 3. The summed E-state index contributed by atoms with van der Waals surface area (Å²) < 4.78 is 3.18. The van der Waals surface area contributed by atoms with E-state index in [2.05, 4.69) is 10.5 Å². The van der Waals surface area contributed by atoms with E-state index in [0.29, 0.717) is 29.8 Å². The van der Waals surface area contributed by atoms with E-state index in [0.717, 1.165) is 44.9 Å². The maximum absolute atomic E-state index is 13.9. The Bertz CT molecular complexity index is 1400. The number of benzene rings is 2. The summed E-state index contributed by atoms with van der Waals surface area (Å²) in [4.78, 5) is 42.7. The Kier molecular flexibility index (Phi) is 6.79. The fourth-order valence-electron chi connectivity index (χ4n) is 5.24. The largest absolute Gasteiger partial charge is 0.341 e. The first-order valence-corrected chi connectivity index (χ1v) is 12.5. The van der Waals surface area contributed by atoms with Crippen LogP contribution < -0.4 is 21.9 Å². The van der Waals surface area contributed by atoms with Gasteiger partial charge in [0.25, 0.3) is 11.1 Å². The van der Waals surface area contributed by atoms with E-state index in [9.17, 15) is 14.4 Å². The fourth-order valence-corrected chi connectivity index (χ4v) is 5.24. The first-order chi connectivity index (χ1) is 17.1. The summed E-state index contributed by atoms with van der Waals surface area (Å²) in [7, 11) is 0. The van der Waals surface area contributed by atoms with Crippen molar-refractivity contribution in [2.75, 3.05) is 18.5 Å². The molecule has 0 spiro atoms. The normalized spacial score (nSPS) is 17.1. The van der Waals surface area contributed by atoms with Gasteiger partial charge in [-0.3, -0.25) is 24.4 Å². The molecular formula is C27H31N5O3. The molecule has 8 nitrogen and oxygen atoms in total. The number of carbonyl (C=O) groups is 1. The second kappa shape index (κ2) is 10.3. The molecule has 2 heterocycles. The summed E-state index contributed by atoms with van der Waals surface area (Å²) in [5, 5.41) is 4.11. The number of anilines is 1. The third kappa shape index (κ3) is 4.78. The third-order valence-electron chi connectivity index (χ3n) is 7.06. The average Bonchev–Trinajstić information content (AvgIpc) is 3.42. The summed E-state index contributed by atoms with van der Waals surface area (Å²) >= 11 is 0. The quantitative estimate of drug-likeness (QED) is 0.577. The smallest absolute Gasteiger partial charge is 0.285 e. The number of nitrogens with zero attached hydrogens (tertiary/aromatic N) is 4. The number of rotatable bonds is 5. The number of likely N-dealkylation sites (tertiary alicyclic amines) is 1. The van der Waals surface area contributed by atoms with Crippen LogP contribution in [0.5, 0.6) is 0 Å². The van der Waals surface area contributed by atoms with E-state index in [1.54, 1.807) is 9.47 Å². The molecule has 1 aliphatic carbocycles. The first kappa shape index (κ1) is 23.1. The topological polar surface area (TPSA) is 88.7 Å². The minimum absolute atomic E-state index is 0.0126. The van der Waals surface area contributed by atoms with Crippen molar-refractivity contribution in [3.63, 3.8) is 0 Å². The first-order valence-electron chi connectivity index (χ1n) is 12.5. The highest BCUT2D eigenvalue weighted by molar-refractivity contribution is 5.80. The molecule has 3 aromatic rings. The van der Waals surface area contributed by atoms with E-state index in [-0.39, 0.29) is 23.9 Å². The average molecular weight is 474 g/mol. The highest BCUT2D eigenvalue weighted by Crippen LogP contribution is 2.28. The maximum Gasteiger partial charge on any atom is 0.285 e. The van der Waals surface area contributed by atoms with E-state index in [1.807, 2.05) is 54.6 Å². The molecule has 8 heteroatoms. The molecule has 1 saturated heterocycles. The summed E-state index contributed by atoms with van der Waals surface area (Å²) in [6, 6.07) is 16.6. The van der Waals surface area contributed by atoms with Crippen LogP contribution in [0.1, 0.15) is 51.0 Å². The molecule has 0 radical (unpaired) electrons. The van der Waals surface area contributed by atoms with Gasteiger partial charge in [0, 0.05) is 19.1 Å². The fraction of sp³-hybridized carbons (Fsp3) is 0.407. The van der Waals surface area contributed by atoms with Gasteiger partial charge in [0.05, 0.1) is 16.7 Å². The molecule has 35 heavy (non-hydrogen) atoms. The van der Waals surface area contributed by atoms with Crippen molar-refractivity contribution in [3.05, 3.63) is 80.7 Å². The number of aromatic nitrogens is 2. The molecule has 2 fully saturated rings. The lowest BCUT2D eigenvalue weighted by molar-refractivity contribution is -0.130. The van der Waals surface area contributed by atoms with E-state index in [4.69, 9.17) is 0 Å². The summed E-state index contributed by atoms with van der Waals surface area (Å²) in [5.74, 6) is -0.111. The zero-order valence-electron chi connectivity index (χ0n) is 19.9. The Balaban J connectivity index is 1.76. The second-order valence-electron chi connectivity index (χ2n) is 9.37. The minimum atomic E-state index is -0.559. The van der Waals surface area contributed by atoms with Crippen molar-refractivity contribution in [1.29, 1.82) is 0 Å². The summed E-state index contributed by atoms with van der Waals surface area (Å²) in [6.45, 7) is 1.28. The molecule has 0 atom stereocenters. The van der Waals surface area contributed by atoms with E-state index >= 15 is 0 Å². The van der Waals surface area contributed by atoms with E-state index < -0.39 is 11.1 Å². The van der Waals surface area contributed by atoms with Gasteiger partial charge in [-0.1, -0.05) is 49.6 Å². The van der Waals surface area contributed by atoms with E-state index in [1.165, 1.54) is 4.57 Å². The Labute approximate surface area is 203 Å². The standard InChI is InChI=1S/C27H31N5O3/c33-24(30-17-9-10-18-30)19-31-22-15-7-8-16-23(22)32(21-13-5-2-6-14-21)27(35)25(26(31)34)29-28-20-11-3-1-4-12-20/h1,3-4,7-8,11-12,15-16,21,28H,2,5-6,9-10,13-14,17-19H2. The van der Waals surface area contributed by atoms with Crippen LogP contribution in [0.15, 0.2) is 69.3 Å². The lowest BCUT2D eigenvalue weighted by atomic mass is 9.95. The van der Waals surface area contributed by atoms with Crippen molar-refractivity contribution >= 4 is 22.6 Å². The number of hydrogen-bond acceptors (Lipinski definition) is 5. The van der Waals surface area contributed by atoms with Crippen molar-refractivity contribution in [1.82, 2.24) is 14.0 Å². The number of hydrogen-bond donors (Lipinski definition) is 1. The lowest BCUT2D eigenvalue weighted by Crippen LogP contribution is -2.47. The zero-order valence-corrected chi connectivity index (χ0v) is 19.9. The van der Waals surface area contributed by atoms with Crippen LogP contribution in [0.4, 0.5) is 5.69 Å². The molecule has 0 bridgehead atoms. The number of fused-ring (bicyclic) bond motifs is 1. The van der Waals surface area contributed by atoms with Gasteiger partial charge >= 0.3 is 0 Å². The Morgan fingerprint density at radius 1 is 0.829 bits per heavy atom. The Morgan fingerprint density at radius 3 is 2.20 bits per heavy atom. The van der Waals surface area contributed by atoms with Gasteiger partial charge in [-0.25, -0.2) is 0 Å².